The van der Waals surface area contributed by atoms with E-state index in [1.165, 1.54) is 9.13 Å². The highest BCUT2D eigenvalue weighted by molar-refractivity contribution is 14.1. The van der Waals surface area contributed by atoms with Gasteiger partial charge in [-0.15, -0.1) is 6.58 Å². The molecule has 0 fully saturated rings. The zero-order valence-electron chi connectivity index (χ0n) is 7.05. The molecule has 2 N–H and O–H groups in total. The summed E-state index contributed by atoms with van der Waals surface area (Å²) in [5, 5.41) is 0. The minimum atomic E-state index is -0.0419. The summed E-state index contributed by atoms with van der Waals surface area (Å²) >= 11 is 2.28. The number of hydrogen-bond acceptors (Lipinski definition) is 1. The Kier molecular flexibility index (Phi) is 3.29. The van der Waals surface area contributed by atoms with Gasteiger partial charge in [-0.05, 0) is 52.8 Å². The Morgan fingerprint density at radius 1 is 1.58 bits per heavy atom. The van der Waals surface area contributed by atoms with Crippen LogP contribution in [0.3, 0.4) is 0 Å². The van der Waals surface area contributed by atoms with Crippen LogP contribution >= 0.6 is 22.6 Å². The van der Waals surface area contributed by atoms with Crippen LogP contribution in [0.4, 0.5) is 0 Å². The van der Waals surface area contributed by atoms with Gasteiger partial charge in [-0.3, -0.25) is 0 Å². The first-order valence-corrected chi connectivity index (χ1v) is 4.87. The molecule has 2 heteroatoms. The summed E-state index contributed by atoms with van der Waals surface area (Å²) in [5.41, 5.74) is 8.23. The molecule has 1 atom stereocenters. The van der Waals surface area contributed by atoms with Crippen molar-refractivity contribution in [3.8, 4) is 0 Å². The molecule has 64 valence electrons. The number of halogens is 1. The highest BCUT2D eigenvalue weighted by atomic mass is 127. The van der Waals surface area contributed by atoms with Gasteiger partial charge in [0.05, 0.1) is 0 Å². The van der Waals surface area contributed by atoms with Gasteiger partial charge in [-0.1, -0.05) is 12.1 Å². The lowest BCUT2D eigenvalue weighted by molar-refractivity contribution is 0.901. The third-order valence-corrected chi connectivity index (χ3v) is 2.53. The summed E-state index contributed by atoms with van der Waals surface area (Å²) in [4.78, 5) is 0. The SMILES string of the molecule is C=C[C@H](N)c1cc(I)ccc1C. The molecule has 0 aliphatic carbocycles. The molecule has 0 radical (unpaired) electrons. The Labute approximate surface area is 86.8 Å². The van der Waals surface area contributed by atoms with E-state index in [1.54, 1.807) is 6.08 Å². The minimum absolute atomic E-state index is 0.0419. The van der Waals surface area contributed by atoms with Crippen LogP contribution in [0.25, 0.3) is 0 Å². The van der Waals surface area contributed by atoms with Crippen molar-refractivity contribution in [1.29, 1.82) is 0 Å². The summed E-state index contributed by atoms with van der Waals surface area (Å²) < 4.78 is 1.21. The van der Waals surface area contributed by atoms with Crippen LogP contribution < -0.4 is 5.73 Å². The van der Waals surface area contributed by atoms with Crippen molar-refractivity contribution in [3.63, 3.8) is 0 Å². The molecule has 0 unspecified atom stereocenters. The van der Waals surface area contributed by atoms with Gasteiger partial charge in [-0.25, -0.2) is 0 Å². The van der Waals surface area contributed by atoms with E-state index in [9.17, 15) is 0 Å². The normalized spacial score (nSPS) is 12.6. The largest absolute Gasteiger partial charge is 0.321 e. The summed E-state index contributed by atoms with van der Waals surface area (Å²) in [7, 11) is 0. The molecule has 1 aromatic rings. The number of benzene rings is 1. The molecule has 0 bridgehead atoms. The quantitative estimate of drug-likeness (QED) is 0.650. The predicted octanol–water partition coefficient (Wildman–Crippen LogP) is 2.79. The molecule has 1 nitrogen and oxygen atoms in total. The fourth-order valence-electron chi connectivity index (χ4n) is 1.10. The summed E-state index contributed by atoms with van der Waals surface area (Å²) in [6.45, 7) is 5.74. The van der Waals surface area contributed by atoms with Crippen LogP contribution in [-0.2, 0) is 0 Å². The zero-order valence-corrected chi connectivity index (χ0v) is 9.21. The lowest BCUT2D eigenvalue weighted by Crippen LogP contribution is -2.08. The topological polar surface area (TPSA) is 26.0 Å². The average molecular weight is 273 g/mol. The van der Waals surface area contributed by atoms with Gasteiger partial charge in [0.15, 0.2) is 0 Å². The van der Waals surface area contributed by atoms with Crippen molar-refractivity contribution >= 4 is 22.6 Å². The Hall–Kier alpha value is -0.350. The number of hydrogen-bond donors (Lipinski definition) is 1. The smallest absolute Gasteiger partial charge is 0.0481 e. The molecule has 0 aliphatic heterocycles. The van der Waals surface area contributed by atoms with E-state index in [1.807, 2.05) is 0 Å². The number of rotatable bonds is 2. The van der Waals surface area contributed by atoms with E-state index in [0.717, 1.165) is 5.56 Å². The van der Waals surface area contributed by atoms with Crippen molar-refractivity contribution < 1.29 is 0 Å². The lowest BCUT2D eigenvalue weighted by Gasteiger charge is -2.10. The highest BCUT2D eigenvalue weighted by Gasteiger charge is 2.04. The Bertz CT molecular complexity index is 294. The molecule has 1 aromatic carbocycles. The van der Waals surface area contributed by atoms with Gasteiger partial charge in [-0.2, -0.15) is 0 Å². The van der Waals surface area contributed by atoms with E-state index in [0.29, 0.717) is 0 Å². The van der Waals surface area contributed by atoms with Crippen LogP contribution in [0.1, 0.15) is 17.2 Å². The second-order valence-corrected chi connectivity index (χ2v) is 4.01. The Morgan fingerprint density at radius 3 is 2.83 bits per heavy atom. The molecule has 0 aromatic heterocycles. The van der Waals surface area contributed by atoms with E-state index >= 15 is 0 Å². The molecule has 12 heavy (non-hydrogen) atoms. The van der Waals surface area contributed by atoms with Gasteiger partial charge >= 0.3 is 0 Å². The van der Waals surface area contributed by atoms with Crippen molar-refractivity contribution in [3.05, 3.63) is 45.6 Å². The Balaban J connectivity index is 3.12. The van der Waals surface area contributed by atoms with Crippen LogP contribution in [-0.4, -0.2) is 0 Å². The van der Waals surface area contributed by atoms with Gasteiger partial charge < -0.3 is 5.73 Å². The fraction of sp³-hybridized carbons (Fsp3) is 0.200. The van der Waals surface area contributed by atoms with Gasteiger partial charge in [0.25, 0.3) is 0 Å². The Morgan fingerprint density at radius 2 is 2.25 bits per heavy atom. The van der Waals surface area contributed by atoms with Crippen molar-refractivity contribution in [1.82, 2.24) is 0 Å². The third-order valence-electron chi connectivity index (χ3n) is 1.85. The minimum Gasteiger partial charge on any atom is -0.321 e. The molecule has 0 aliphatic rings. The first-order valence-electron chi connectivity index (χ1n) is 3.79. The number of nitrogens with two attached hydrogens (primary N) is 1. The average Bonchev–Trinajstić information content (AvgIpc) is 2.08. The standard InChI is InChI=1S/C10H12IN/c1-3-10(12)9-6-8(11)5-4-7(9)2/h3-6,10H,1,12H2,2H3/t10-/m0/s1. The molecule has 1 rings (SSSR count). The first kappa shape index (κ1) is 9.74. The van der Waals surface area contributed by atoms with Gasteiger partial charge in [0, 0.05) is 9.61 Å². The fourth-order valence-corrected chi connectivity index (χ4v) is 1.61. The van der Waals surface area contributed by atoms with Crippen molar-refractivity contribution in [2.24, 2.45) is 5.73 Å². The van der Waals surface area contributed by atoms with E-state index in [-0.39, 0.29) is 6.04 Å². The highest BCUT2D eigenvalue weighted by Crippen LogP contribution is 2.18. The molecule has 0 saturated heterocycles. The molecule has 0 heterocycles. The predicted molar refractivity (Wildman–Crippen MR) is 61.0 cm³/mol. The molecular formula is C10H12IN. The zero-order chi connectivity index (χ0) is 9.14. The van der Waals surface area contributed by atoms with Crippen LogP contribution in [0.5, 0.6) is 0 Å². The van der Waals surface area contributed by atoms with E-state index in [2.05, 4.69) is 54.3 Å². The van der Waals surface area contributed by atoms with Crippen LogP contribution in [0, 0.1) is 10.5 Å². The van der Waals surface area contributed by atoms with Crippen molar-refractivity contribution in [2.45, 2.75) is 13.0 Å². The molecule has 0 spiro atoms. The maximum absolute atomic E-state index is 5.84. The molecular weight excluding hydrogens is 261 g/mol. The summed E-state index contributed by atoms with van der Waals surface area (Å²) in [6, 6.07) is 6.22. The second kappa shape index (κ2) is 4.05. The first-order chi connectivity index (χ1) is 5.65. The van der Waals surface area contributed by atoms with E-state index in [4.69, 9.17) is 5.73 Å². The van der Waals surface area contributed by atoms with Crippen molar-refractivity contribution in [2.75, 3.05) is 0 Å². The summed E-state index contributed by atoms with van der Waals surface area (Å²) in [6.07, 6.45) is 1.76. The summed E-state index contributed by atoms with van der Waals surface area (Å²) in [5.74, 6) is 0. The number of aryl methyl sites for hydroxylation is 1. The van der Waals surface area contributed by atoms with Crippen LogP contribution in [0.2, 0.25) is 0 Å². The monoisotopic (exact) mass is 273 g/mol. The molecule has 0 saturated carbocycles. The van der Waals surface area contributed by atoms with Crippen LogP contribution in [0.15, 0.2) is 30.9 Å². The third kappa shape index (κ3) is 2.08. The molecule has 0 amide bonds. The van der Waals surface area contributed by atoms with Gasteiger partial charge in [0.1, 0.15) is 0 Å². The van der Waals surface area contributed by atoms with E-state index < -0.39 is 0 Å². The second-order valence-electron chi connectivity index (χ2n) is 2.76. The maximum atomic E-state index is 5.84. The van der Waals surface area contributed by atoms with Gasteiger partial charge in [0.2, 0.25) is 0 Å². The lowest BCUT2D eigenvalue weighted by atomic mass is 10.0. The maximum Gasteiger partial charge on any atom is 0.0481 e.